The second-order valence-corrected chi connectivity index (χ2v) is 8.50. The van der Waals surface area contributed by atoms with E-state index in [1.165, 1.54) is 21.9 Å². The molecule has 3 atom stereocenters. The van der Waals surface area contributed by atoms with Crippen LogP contribution in [0.1, 0.15) is 48.9 Å². The molecular formula is C22H29FN4O4. The first-order chi connectivity index (χ1) is 14.7. The van der Waals surface area contributed by atoms with E-state index < -0.39 is 29.6 Å². The van der Waals surface area contributed by atoms with Gasteiger partial charge >= 0.3 is 0 Å². The molecule has 1 aromatic rings. The Labute approximate surface area is 180 Å². The Morgan fingerprint density at radius 3 is 2.55 bits per heavy atom. The van der Waals surface area contributed by atoms with E-state index in [0.29, 0.717) is 31.5 Å². The predicted octanol–water partition coefficient (Wildman–Crippen LogP) is 1.43. The van der Waals surface area contributed by atoms with E-state index in [1.54, 1.807) is 20.2 Å². The number of anilines is 1. The van der Waals surface area contributed by atoms with Gasteiger partial charge in [0.15, 0.2) is 0 Å². The number of benzene rings is 1. The van der Waals surface area contributed by atoms with E-state index in [2.05, 4.69) is 5.32 Å². The van der Waals surface area contributed by atoms with Gasteiger partial charge in [0.05, 0.1) is 11.5 Å². The maximum absolute atomic E-state index is 14.7. The highest BCUT2D eigenvalue weighted by Gasteiger charge is 2.38. The van der Waals surface area contributed by atoms with Gasteiger partial charge in [-0.3, -0.25) is 19.2 Å². The minimum Gasteiger partial charge on any atom is -0.369 e. The molecule has 31 heavy (non-hydrogen) atoms. The number of nitrogens with two attached hydrogens (primary N) is 1. The second-order valence-electron chi connectivity index (χ2n) is 8.50. The fourth-order valence-corrected chi connectivity index (χ4v) is 4.43. The predicted molar refractivity (Wildman–Crippen MR) is 113 cm³/mol. The standard InChI is InChI=1S/C22H29FN4O4/c1-26(2)22(31)13-6-9-18(16(11-13)20(24)29)25-21(30)15-8-7-14(12-17(15)23)27-10-4-3-5-19(27)28/h7-8,12-13,16,18H,3-6,9-11H2,1-2H3,(H2,24,29)(H,25,30). The molecule has 2 fully saturated rings. The first kappa shape index (κ1) is 22.7. The number of carbonyl (C=O) groups is 4. The van der Waals surface area contributed by atoms with Gasteiger partial charge in [0, 0.05) is 44.7 Å². The number of nitrogens with one attached hydrogen (secondary N) is 1. The van der Waals surface area contributed by atoms with Crippen LogP contribution in [0.25, 0.3) is 0 Å². The smallest absolute Gasteiger partial charge is 0.254 e. The van der Waals surface area contributed by atoms with Crippen LogP contribution in [0.5, 0.6) is 0 Å². The number of hydrogen-bond acceptors (Lipinski definition) is 4. The van der Waals surface area contributed by atoms with Gasteiger partial charge in [-0.05, 0) is 50.3 Å². The maximum Gasteiger partial charge on any atom is 0.254 e. The average Bonchev–Trinajstić information content (AvgIpc) is 2.73. The molecule has 0 spiro atoms. The van der Waals surface area contributed by atoms with Crippen LogP contribution in [0.15, 0.2) is 18.2 Å². The fraction of sp³-hybridized carbons (Fsp3) is 0.545. The Bertz CT molecular complexity index is 888. The lowest BCUT2D eigenvalue weighted by molar-refractivity contribution is -0.136. The van der Waals surface area contributed by atoms with Crippen molar-refractivity contribution < 1.29 is 23.6 Å². The first-order valence-corrected chi connectivity index (χ1v) is 10.6. The van der Waals surface area contributed by atoms with Crippen molar-refractivity contribution in [3.8, 4) is 0 Å². The number of nitrogens with zero attached hydrogens (tertiary/aromatic N) is 2. The molecule has 3 rings (SSSR count). The molecule has 3 unspecified atom stereocenters. The van der Waals surface area contributed by atoms with Crippen molar-refractivity contribution in [2.75, 3.05) is 25.5 Å². The molecule has 0 radical (unpaired) electrons. The summed E-state index contributed by atoms with van der Waals surface area (Å²) in [7, 11) is 3.30. The Kier molecular flexibility index (Phi) is 6.92. The van der Waals surface area contributed by atoms with Crippen LogP contribution in [0.4, 0.5) is 10.1 Å². The van der Waals surface area contributed by atoms with Gasteiger partial charge in [-0.15, -0.1) is 0 Å². The number of piperidine rings is 1. The normalized spacial score (nSPS) is 23.9. The van der Waals surface area contributed by atoms with Crippen LogP contribution in [0.3, 0.4) is 0 Å². The summed E-state index contributed by atoms with van der Waals surface area (Å²) in [4.78, 5) is 52.0. The Balaban J connectivity index is 1.71. The number of rotatable bonds is 5. The van der Waals surface area contributed by atoms with Gasteiger partial charge < -0.3 is 20.9 Å². The van der Waals surface area contributed by atoms with Crippen molar-refractivity contribution in [2.24, 2.45) is 17.6 Å². The van der Waals surface area contributed by atoms with Crippen LogP contribution < -0.4 is 16.0 Å². The minimum atomic E-state index is -0.736. The lowest BCUT2D eigenvalue weighted by Crippen LogP contribution is -2.50. The quantitative estimate of drug-likeness (QED) is 0.733. The molecule has 4 amide bonds. The average molecular weight is 432 g/mol. The second kappa shape index (κ2) is 9.45. The molecule has 168 valence electrons. The molecule has 1 heterocycles. The van der Waals surface area contributed by atoms with E-state index in [4.69, 9.17) is 5.73 Å². The first-order valence-electron chi connectivity index (χ1n) is 10.6. The van der Waals surface area contributed by atoms with Crippen LogP contribution in [-0.2, 0) is 14.4 Å². The summed E-state index contributed by atoms with van der Waals surface area (Å²) in [5, 5.41) is 2.72. The van der Waals surface area contributed by atoms with Crippen LogP contribution in [-0.4, -0.2) is 55.2 Å². The van der Waals surface area contributed by atoms with Gasteiger partial charge in [0.25, 0.3) is 5.91 Å². The Hall–Kier alpha value is -2.97. The minimum absolute atomic E-state index is 0.0591. The molecule has 1 aliphatic heterocycles. The van der Waals surface area contributed by atoms with Gasteiger partial charge in [-0.2, -0.15) is 0 Å². The van der Waals surface area contributed by atoms with E-state index >= 15 is 0 Å². The molecule has 1 aliphatic carbocycles. The molecule has 9 heteroatoms. The topological polar surface area (TPSA) is 113 Å². The van der Waals surface area contributed by atoms with E-state index in [9.17, 15) is 23.6 Å². The fourth-order valence-electron chi connectivity index (χ4n) is 4.43. The lowest BCUT2D eigenvalue weighted by atomic mass is 9.77. The van der Waals surface area contributed by atoms with Crippen molar-refractivity contribution >= 4 is 29.3 Å². The van der Waals surface area contributed by atoms with Gasteiger partial charge in [0.2, 0.25) is 17.7 Å². The molecular weight excluding hydrogens is 403 g/mol. The Morgan fingerprint density at radius 2 is 1.94 bits per heavy atom. The van der Waals surface area contributed by atoms with Crippen molar-refractivity contribution in [1.82, 2.24) is 10.2 Å². The third-order valence-electron chi connectivity index (χ3n) is 6.15. The zero-order chi connectivity index (χ0) is 22.7. The summed E-state index contributed by atoms with van der Waals surface area (Å²) in [6.07, 6.45) is 3.24. The van der Waals surface area contributed by atoms with Crippen molar-refractivity contribution in [2.45, 2.75) is 44.6 Å². The zero-order valence-electron chi connectivity index (χ0n) is 17.9. The largest absolute Gasteiger partial charge is 0.369 e. The summed E-state index contributed by atoms with van der Waals surface area (Å²) >= 11 is 0. The molecule has 1 saturated carbocycles. The van der Waals surface area contributed by atoms with Gasteiger partial charge in [0.1, 0.15) is 5.82 Å². The monoisotopic (exact) mass is 432 g/mol. The summed E-state index contributed by atoms with van der Waals surface area (Å²) in [6.45, 7) is 0.527. The molecule has 1 aromatic carbocycles. The highest BCUT2D eigenvalue weighted by atomic mass is 19.1. The lowest BCUT2D eigenvalue weighted by Gasteiger charge is -2.35. The number of primary amides is 1. The van der Waals surface area contributed by atoms with E-state index in [-0.39, 0.29) is 29.7 Å². The van der Waals surface area contributed by atoms with E-state index in [0.717, 1.165) is 12.8 Å². The highest BCUT2D eigenvalue weighted by Crippen LogP contribution is 2.31. The molecule has 0 bridgehead atoms. The summed E-state index contributed by atoms with van der Waals surface area (Å²) in [5.74, 6) is -3.16. The van der Waals surface area contributed by atoms with Gasteiger partial charge in [-0.25, -0.2) is 4.39 Å². The summed E-state index contributed by atoms with van der Waals surface area (Å²) < 4.78 is 14.7. The number of carbonyl (C=O) groups excluding carboxylic acids is 4. The van der Waals surface area contributed by atoms with Gasteiger partial charge in [-0.1, -0.05) is 0 Å². The molecule has 1 saturated heterocycles. The van der Waals surface area contributed by atoms with Crippen molar-refractivity contribution in [3.05, 3.63) is 29.6 Å². The summed E-state index contributed by atoms with van der Waals surface area (Å²) in [6, 6.07) is 3.52. The van der Waals surface area contributed by atoms with Crippen molar-refractivity contribution in [3.63, 3.8) is 0 Å². The number of hydrogen-bond donors (Lipinski definition) is 2. The maximum atomic E-state index is 14.7. The molecule has 8 nitrogen and oxygen atoms in total. The van der Waals surface area contributed by atoms with Crippen LogP contribution >= 0.6 is 0 Å². The molecule has 3 N–H and O–H groups in total. The van der Waals surface area contributed by atoms with Crippen LogP contribution in [0.2, 0.25) is 0 Å². The third-order valence-corrected chi connectivity index (χ3v) is 6.15. The molecule has 0 aromatic heterocycles. The van der Waals surface area contributed by atoms with Crippen LogP contribution in [0, 0.1) is 17.7 Å². The summed E-state index contributed by atoms with van der Waals surface area (Å²) in [5.41, 5.74) is 5.79. The van der Waals surface area contributed by atoms with E-state index in [1.807, 2.05) is 0 Å². The SMILES string of the molecule is CN(C)C(=O)C1CCC(NC(=O)c2ccc(N3CCCCC3=O)cc2F)C(C(N)=O)C1. The third kappa shape index (κ3) is 5.03. The van der Waals surface area contributed by atoms with Crippen molar-refractivity contribution in [1.29, 1.82) is 0 Å². The number of halogens is 1. The highest BCUT2D eigenvalue weighted by molar-refractivity contribution is 5.97. The zero-order valence-corrected chi connectivity index (χ0v) is 17.9. The Morgan fingerprint density at radius 1 is 1.19 bits per heavy atom. The number of amides is 4. The molecule has 2 aliphatic rings.